The molecule has 0 saturated carbocycles. The average molecular weight is 476 g/mol. The largest absolute Gasteiger partial charge is 0.360 e. The van der Waals surface area contributed by atoms with Crippen molar-refractivity contribution in [2.24, 2.45) is 0 Å². The quantitative estimate of drug-likeness (QED) is 0.566. The van der Waals surface area contributed by atoms with Crippen LogP contribution in [0.4, 0.5) is 4.39 Å². The van der Waals surface area contributed by atoms with E-state index in [0.717, 1.165) is 54.6 Å². The van der Waals surface area contributed by atoms with Crippen LogP contribution in [0.2, 0.25) is 0 Å². The maximum Gasteiger partial charge on any atom is 0.255 e. The number of hydrogen-bond acceptors (Lipinski definition) is 5. The number of aromatic nitrogens is 2. The molecule has 2 fully saturated rings. The summed E-state index contributed by atoms with van der Waals surface area (Å²) in [6, 6.07) is 6.54. The topological polar surface area (TPSA) is 98.4 Å². The molecular formula is C26H26FN5O3. The number of nitrogens with one attached hydrogen (secondary N) is 2. The summed E-state index contributed by atoms with van der Waals surface area (Å²) >= 11 is 0. The molecule has 0 spiro atoms. The molecule has 2 N–H and O–H groups in total. The number of H-pyrrole nitrogens is 1. The molecule has 6 rings (SSSR count). The van der Waals surface area contributed by atoms with Gasteiger partial charge >= 0.3 is 0 Å². The minimum absolute atomic E-state index is 0.0836. The maximum absolute atomic E-state index is 15.1. The van der Waals surface area contributed by atoms with Crippen molar-refractivity contribution in [1.29, 1.82) is 0 Å². The number of fused-ring (bicyclic) bond motifs is 2. The Morgan fingerprint density at radius 3 is 2.71 bits per heavy atom. The van der Waals surface area contributed by atoms with Gasteiger partial charge in [-0.1, -0.05) is 6.07 Å². The van der Waals surface area contributed by atoms with Gasteiger partial charge in [-0.05, 0) is 73.2 Å². The second-order valence-electron chi connectivity index (χ2n) is 9.74. The van der Waals surface area contributed by atoms with Gasteiger partial charge in [0.15, 0.2) is 0 Å². The molecule has 3 aliphatic rings. The number of benzene rings is 1. The molecule has 5 heterocycles. The molecule has 180 valence electrons. The zero-order valence-corrected chi connectivity index (χ0v) is 19.2. The minimum atomic E-state index is -0.693. The number of carbonyl (C=O) groups excluding carboxylic acids is 3. The lowest BCUT2D eigenvalue weighted by molar-refractivity contribution is -0.136. The fourth-order valence-electron chi connectivity index (χ4n) is 5.65. The number of aromatic amines is 1. The highest BCUT2D eigenvalue weighted by molar-refractivity contribution is 6.05. The third kappa shape index (κ3) is 3.99. The molecule has 0 radical (unpaired) electrons. The van der Waals surface area contributed by atoms with Gasteiger partial charge in [0.25, 0.3) is 5.91 Å². The predicted molar refractivity (Wildman–Crippen MR) is 126 cm³/mol. The van der Waals surface area contributed by atoms with Crippen LogP contribution in [0, 0.1) is 5.82 Å². The third-order valence-electron chi connectivity index (χ3n) is 7.53. The Morgan fingerprint density at radius 1 is 1.09 bits per heavy atom. The van der Waals surface area contributed by atoms with Crippen molar-refractivity contribution < 1.29 is 18.8 Å². The fourth-order valence-corrected chi connectivity index (χ4v) is 5.65. The van der Waals surface area contributed by atoms with Crippen molar-refractivity contribution in [2.75, 3.05) is 13.1 Å². The van der Waals surface area contributed by atoms with Crippen LogP contribution in [0.15, 0.2) is 36.7 Å². The summed E-state index contributed by atoms with van der Waals surface area (Å²) in [6.07, 6.45) is 5.95. The highest BCUT2D eigenvalue weighted by Gasteiger charge is 2.40. The van der Waals surface area contributed by atoms with Gasteiger partial charge in [-0.3, -0.25) is 29.6 Å². The number of likely N-dealkylation sites (tertiary alicyclic amines) is 1. The first-order valence-corrected chi connectivity index (χ1v) is 12.1. The van der Waals surface area contributed by atoms with Crippen molar-refractivity contribution in [3.63, 3.8) is 0 Å². The van der Waals surface area contributed by atoms with Crippen LogP contribution in [-0.2, 0) is 22.7 Å². The van der Waals surface area contributed by atoms with E-state index in [0.29, 0.717) is 17.5 Å². The van der Waals surface area contributed by atoms with Crippen molar-refractivity contribution in [2.45, 2.75) is 50.7 Å². The highest BCUT2D eigenvalue weighted by atomic mass is 19.1. The van der Waals surface area contributed by atoms with E-state index in [-0.39, 0.29) is 36.5 Å². The SMILES string of the molecule is O=C1CCC(N2Cc3cc(C4CCN(Cc5cnc6cc[nH]c6c5)CC4)c(F)cc3C2=O)C(=O)N1. The monoisotopic (exact) mass is 475 g/mol. The molecule has 1 aromatic carbocycles. The zero-order chi connectivity index (χ0) is 24.1. The van der Waals surface area contributed by atoms with E-state index in [4.69, 9.17) is 0 Å². The predicted octanol–water partition coefficient (Wildman–Crippen LogP) is 2.84. The minimum Gasteiger partial charge on any atom is -0.360 e. The molecular weight excluding hydrogens is 449 g/mol. The number of amides is 3. The Balaban J connectivity index is 1.13. The van der Waals surface area contributed by atoms with Gasteiger partial charge in [0, 0.05) is 37.5 Å². The Morgan fingerprint density at radius 2 is 1.91 bits per heavy atom. The average Bonchev–Trinajstić information content (AvgIpc) is 3.43. The molecule has 2 saturated heterocycles. The molecule has 9 heteroatoms. The summed E-state index contributed by atoms with van der Waals surface area (Å²) in [5.41, 5.74) is 4.85. The third-order valence-corrected chi connectivity index (χ3v) is 7.53. The first kappa shape index (κ1) is 21.9. The maximum atomic E-state index is 15.1. The number of nitrogens with zero attached hydrogens (tertiary/aromatic N) is 3. The Kier molecular flexibility index (Phi) is 5.36. The van der Waals surface area contributed by atoms with Crippen LogP contribution in [0.1, 0.15) is 58.6 Å². The van der Waals surface area contributed by atoms with Gasteiger partial charge in [-0.15, -0.1) is 0 Å². The van der Waals surface area contributed by atoms with E-state index in [2.05, 4.69) is 26.3 Å². The van der Waals surface area contributed by atoms with Crippen molar-refractivity contribution >= 4 is 28.8 Å². The Labute approximate surface area is 201 Å². The summed E-state index contributed by atoms with van der Waals surface area (Å²) in [4.78, 5) is 48.2. The molecule has 1 unspecified atom stereocenters. The fraction of sp³-hybridized carbons (Fsp3) is 0.385. The van der Waals surface area contributed by atoms with Crippen LogP contribution < -0.4 is 5.32 Å². The van der Waals surface area contributed by atoms with Crippen LogP contribution in [0.5, 0.6) is 0 Å². The van der Waals surface area contributed by atoms with Gasteiger partial charge in [-0.2, -0.15) is 0 Å². The number of imide groups is 1. The number of carbonyl (C=O) groups is 3. The molecule has 2 aromatic heterocycles. The Bertz CT molecular complexity index is 1340. The van der Waals surface area contributed by atoms with Crippen LogP contribution in [0.3, 0.4) is 0 Å². The summed E-state index contributed by atoms with van der Waals surface area (Å²) in [7, 11) is 0. The van der Waals surface area contributed by atoms with Gasteiger partial charge in [0.05, 0.1) is 11.0 Å². The van der Waals surface area contributed by atoms with E-state index < -0.39 is 11.9 Å². The summed E-state index contributed by atoms with van der Waals surface area (Å²) in [5, 5.41) is 2.30. The van der Waals surface area contributed by atoms with E-state index in [9.17, 15) is 14.4 Å². The Hall–Kier alpha value is -3.59. The van der Waals surface area contributed by atoms with Gasteiger partial charge in [-0.25, -0.2) is 4.39 Å². The van der Waals surface area contributed by atoms with Crippen LogP contribution in [-0.4, -0.2) is 56.6 Å². The summed E-state index contributed by atoms with van der Waals surface area (Å²) in [5.74, 6) is -1.40. The second-order valence-corrected chi connectivity index (χ2v) is 9.74. The molecule has 3 aliphatic heterocycles. The first-order valence-electron chi connectivity index (χ1n) is 12.1. The molecule has 3 amide bonds. The molecule has 35 heavy (non-hydrogen) atoms. The molecule has 8 nitrogen and oxygen atoms in total. The smallest absolute Gasteiger partial charge is 0.255 e. The summed E-state index contributed by atoms with van der Waals surface area (Å²) in [6.45, 7) is 2.77. The van der Waals surface area contributed by atoms with Gasteiger partial charge in [0.1, 0.15) is 11.9 Å². The summed E-state index contributed by atoms with van der Waals surface area (Å²) < 4.78 is 15.1. The number of rotatable bonds is 4. The van der Waals surface area contributed by atoms with E-state index in [1.54, 1.807) is 0 Å². The normalized spacial score (nSPS) is 21.6. The van der Waals surface area contributed by atoms with Crippen LogP contribution >= 0.6 is 0 Å². The first-order chi connectivity index (χ1) is 17.0. The van der Waals surface area contributed by atoms with Gasteiger partial charge < -0.3 is 9.88 Å². The lowest BCUT2D eigenvalue weighted by Gasteiger charge is -2.32. The molecule has 0 aliphatic carbocycles. The molecule has 1 atom stereocenters. The number of pyridine rings is 1. The molecule has 3 aromatic rings. The highest BCUT2D eigenvalue weighted by Crippen LogP contribution is 2.35. The molecule has 0 bridgehead atoms. The van der Waals surface area contributed by atoms with Gasteiger partial charge in [0.2, 0.25) is 11.8 Å². The van der Waals surface area contributed by atoms with E-state index in [1.165, 1.54) is 11.0 Å². The van der Waals surface area contributed by atoms with Crippen LogP contribution in [0.25, 0.3) is 11.0 Å². The van der Waals surface area contributed by atoms with Crippen molar-refractivity contribution in [3.05, 3.63) is 64.7 Å². The number of piperidine rings is 2. The number of hydrogen-bond donors (Lipinski definition) is 2. The van der Waals surface area contributed by atoms with Crippen molar-refractivity contribution in [3.8, 4) is 0 Å². The van der Waals surface area contributed by atoms with E-state index >= 15 is 4.39 Å². The second kappa shape index (κ2) is 8.57. The van der Waals surface area contributed by atoms with E-state index in [1.807, 2.05) is 24.5 Å². The lowest BCUT2D eigenvalue weighted by Crippen LogP contribution is -2.52. The van der Waals surface area contributed by atoms with Crippen molar-refractivity contribution in [1.82, 2.24) is 25.1 Å². The standard InChI is InChI=1S/C26H26FN5O3/c27-20-11-19-17(14-32(26(19)35)23-1-2-24(33)30-25(23)34)10-18(20)16-4-7-31(8-5-16)13-15-9-22-21(29-12-15)3-6-28-22/h3,6,9-12,16,23,28H,1-2,4-5,7-8,13-14H2,(H,30,33,34). The zero-order valence-electron chi connectivity index (χ0n) is 19.2. The lowest BCUT2D eigenvalue weighted by atomic mass is 9.87. The number of halogens is 1.